The highest BCUT2D eigenvalue weighted by Gasteiger charge is 2.37. The van der Waals surface area contributed by atoms with E-state index in [1.54, 1.807) is 13.8 Å². The van der Waals surface area contributed by atoms with Gasteiger partial charge >= 0.3 is 0 Å². The average Bonchev–Trinajstić information content (AvgIpc) is 1.98. The van der Waals surface area contributed by atoms with E-state index < -0.39 is 11.7 Å². The third-order valence-electron chi connectivity index (χ3n) is 2.39. The summed E-state index contributed by atoms with van der Waals surface area (Å²) in [5, 5.41) is 28.1. The van der Waals surface area contributed by atoms with E-state index >= 15 is 0 Å². The minimum absolute atomic E-state index is 0.127. The Morgan fingerprint density at radius 3 is 1.92 bits per heavy atom. The molecule has 0 radical (unpaired) electrons. The molecule has 3 heteroatoms. The average molecular weight is 190 g/mol. The van der Waals surface area contributed by atoms with E-state index in [9.17, 15) is 10.2 Å². The molecule has 1 atom stereocenters. The number of rotatable bonds is 5. The normalized spacial score (nSPS) is 15.9. The van der Waals surface area contributed by atoms with Gasteiger partial charge in [0.2, 0.25) is 0 Å². The van der Waals surface area contributed by atoms with Crippen molar-refractivity contribution >= 4 is 0 Å². The van der Waals surface area contributed by atoms with Crippen LogP contribution in [0.15, 0.2) is 0 Å². The molecular weight excluding hydrogens is 168 g/mol. The van der Waals surface area contributed by atoms with Crippen molar-refractivity contribution in [1.29, 1.82) is 0 Å². The van der Waals surface area contributed by atoms with E-state index in [0.29, 0.717) is 12.8 Å². The van der Waals surface area contributed by atoms with Gasteiger partial charge in [0, 0.05) is 6.61 Å². The molecule has 0 spiro atoms. The maximum absolute atomic E-state index is 9.81. The summed E-state index contributed by atoms with van der Waals surface area (Å²) in [6, 6.07) is 0. The summed E-state index contributed by atoms with van der Waals surface area (Å²) in [5.41, 5.74) is -1.44. The summed E-state index contributed by atoms with van der Waals surface area (Å²) in [6.45, 7) is 7.11. The Morgan fingerprint density at radius 1 is 1.15 bits per heavy atom. The lowest BCUT2D eigenvalue weighted by Gasteiger charge is -2.37. The van der Waals surface area contributed by atoms with Gasteiger partial charge in [0.25, 0.3) is 0 Å². The maximum atomic E-state index is 9.81. The smallest absolute Gasteiger partial charge is 0.0872 e. The predicted octanol–water partition coefficient (Wildman–Crippen LogP) is 0.917. The molecule has 0 heterocycles. The Balaban J connectivity index is 4.27. The van der Waals surface area contributed by atoms with Crippen LogP contribution >= 0.6 is 0 Å². The van der Waals surface area contributed by atoms with Crippen molar-refractivity contribution in [2.75, 3.05) is 6.61 Å². The molecule has 0 aliphatic heterocycles. The van der Waals surface area contributed by atoms with Crippen molar-refractivity contribution in [3.63, 3.8) is 0 Å². The largest absolute Gasteiger partial charge is 0.396 e. The molecular formula is C10H22O3. The third kappa shape index (κ3) is 4.07. The molecule has 0 rings (SSSR count). The summed E-state index contributed by atoms with van der Waals surface area (Å²) < 4.78 is 0. The standard InChI is InChI=1S/C10H22O3/c1-9(2,6-5-7-11)8(12)10(3,4)13/h8,11-13H,5-7H2,1-4H3. The van der Waals surface area contributed by atoms with Gasteiger partial charge in [-0.2, -0.15) is 0 Å². The van der Waals surface area contributed by atoms with Crippen molar-refractivity contribution in [3.05, 3.63) is 0 Å². The van der Waals surface area contributed by atoms with Gasteiger partial charge in [-0.1, -0.05) is 13.8 Å². The van der Waals surface area contributed by atoms with Gasteiger partial charge in [0.15, 0.2) is 0 Å². The van der Waals surface area contributed by atoms with E-state index in [-0.39, 0.29) is 12.0 Å². The van der Waals surface area contributed by atoms with Crippen LogP contribution in [-0.4, -0.2) is 33.6 Å². The number of hydrogen-bond donors (Lipinski definition) is 3. The van der Waals surface area contributed by atoms with E-state index in [1.807, 2.05) is 13.8 Å². The number of aliphatic hydroxyl groups excluding tert-OH is 2. The summed E-state index contributed by atoms with van der Waals surface area (Å²) in [5.74, 6) is 0. The predicted molar refractivity (Wildman–Crippen MR) is 52.4 cm³/mol. The van der Waals surface area contributed by atoms with E-state index in [0.717, 1.165) is 0 Å². The quantitative estimate of drug-likeness (QED) is 0.604. The monoisotopic (exact) mass is 190 g/mol. The molecule has 0 bridgehead atoms. The van der Waals surface area contributed by atoms with Crippen LogP contribution in [0.1, 0.15) is 40.5 Å². The third-order valence-corrected chi connectivity index (χ3v) is 2.39. The highest BCUT2D eigenvalue weighted by molar-refractivity contribution is 4.88. The maximum Gasteiger partial charge on any atom is 0.0872 e. The molecule has 80 valence electrons. The van der Waals surface area contributed by atoms with Crippen molar-refractivity contribution in [3.8, 4) is 0 Å². The van der Waals surface area contributed by atoms with Gasteiger partial charge < -0.3 is 15.3 Å². The first-order chi connectivity index (χ1) is 5.72. The van der Waals surface area contributed by atoms with Gasteiger partial charge in [-0.05, 0) is 32.1 Å². The minimum Gasteiger partial charge on any atom is -0.396 e. The molecule has 0 aliphatic carbocycles. The van der Waals surface area contributed by atoms with Crippen LogP contribution in [-0.2, 0) is 0 Å². The Labute approximate surface area is 80.4 Å². The van der Waals surface area contributed by atoms with Gasteiger partial charge in [0.05, 0.1) is 11.7 Å². The van der Waals surface area contributed by atoms with Crippen LogP contribution in [0.25, 0.3) is 0 Å². The fourth-order valence-corrected chi connectivity index (χ4v) is 1.63. The van der Waals surface area contributed by atoms with Crippen molar-refractivity contribution in [2.24, 2.45) is 5.41 Å². The second-order valence-corrected chi connectivity index (χ2v) is 4.87. The molecule has 0 saturated heterocycles. The van der Waals surface area contributed by atoms with E-state index in [4.69, 9.17) is 5.11 Å². The lowest BCUT2D eigenvalue weighted by molar-refractivity contribution is -0.107. The molecule has 0 aromatic rings. The van der Waals surface area contributed by atoms with E-state index in [1.165, 1.54) is 0 Å². The van der Waals surface area contributed by atoms with Crippen LogP contribution in [0, 0.1) is 5.41 Å². The van der Waals surface area contributed by atoms with Crippen LogP contribution < -0.4 is 0 Å². The summed E-state index contributed by atoms with van der Waals surface area (Å²) in [7, 11) is 0. The van der Waals surface area contributed by atoms with Gasteiger partial charge in [-0.3, -0.25) is 0 Å². The number of hydrogen-bond acceptors (Lipinski definition) is 3. The summed E-state index contributed by atoms with van der Waals surface area (Å²) in [6.07, 6.45) is 0.584. The minimum atomic E-state index is -1.08. The molecule has 3 nitrogen and oxygen atoms in total. The zero-order valence-corrected chi connectivity index (χ0v) is 9.04. The van der Waals surface area contributed by atoms with Gasteiger partial charge in [-0.25, -0.2) is 0 Å². The molecule has 0 aromatic carbocycles. The first-order valence-electron chi connectivity index (χ1n) is 4.73. The molecule has 0 aliphatic rings. The van der Waals surface area contributed by atoms with Crippen LogP contribution in [0.5, 0.6) is 0 Å². The second-order valence-electron chi connectivity index (χ2n) is 4.87. The highest BCUT2D eigenvalue weighted by atomic mass is 16.3. The molecule has 0 amide bonds. The zero-order valence-electron chi connectivity index (χ0n) is 9.04. The lowest BCUT2D eigenvalue weighted by Crippen LogP contribution is -2.46. The fourth-order valence-electron chi connectivity index (χ4n) is 1.63. The topological polar surface area (TPSA) is 60.7 Å². The lowest BCUT2D eigenvalue weighted by atomic mass is 9.75. The highest BCUT2D eigenvalue weighted by Crippen LogP contribution is 2.32. The van der Waals surface area contributed by atoms with Crippen molar-refractivity contribution < 1.29 is 15.3 Å². The van der Waals surface area contributed by atoms with Gasteiger partial charge in [-0.15, -0.1) is 0 Å². The van der Waals surface area contributed by atoms with Crippen molar-refractivity contribution in [2.45, 2.75) is 52.2 Å². The number of aliphatic hydroxyl groups is 3. The van der Waals surface area contributed by atoms with Crippen LogP contribution in [0.4, 0.5) is 0 Å². The Bertz CT molecular complexity index is 147. The Morgan fingerprint density at radius 2 is 1.62 bits per heavy atom. The SMILES string of the molecule is CC(C)(O)C(O)C(C)(C)CCCO. The van der Waals surface area contributed by atoms with Gasteiger partial charge in [0.1, 0.15) is 0 Å². The first-order valence-corrected chi connectivity index (χ1v) is 4.73. The summed E-state index contributed by atoms with van der Waals surface area (Å²) in [4.78, 5) is 0. The molecule has 3 N–H and O–H groups in total. The van der Waals surface area contributed by atoms with Crippen LogP contribution in [0.3, 0.4) is 0 Å². The first kappa shape index (κ1) is 12.9. The molecule has 13 heavy (non-hydrogen) atoms. The molecule has 1 unspecified atom stereocenters. The Hall–Kier alpha value is -0.120. The second kappa shape index (κ2) is 4.40. The molecule has 0 saturated carbocycles. The molecule has 0 aromatic heterocycles. The van der Waals surface area contributed by atoms with Crippen molar-refractivity contribution in [1.82, 2.24) is 0 Å². The molecule has 0 fully saturated rings. The zero-order chi connectivity index (χ0) is 10.7. The Kier molecular flexibility index (Phi) is 4.36. The summed E-state index contributed by atoms with van der Waals surface area (Å²) >= 11 is 0. The van der Waals surface area contributed by atoms with Crippen LogP contribution in [0.2, 0.25) is 0 Å². The van der Waals surface area contributed by atoms with E-state index in [2.05, 4.69) is 0 Å². The fraction of sp³-hybridized carbons (Fsp3) is 1.00.